The molecule has 0 fully saturated rings. The van der Waals surface area contributed by atoms with Crippen LogP contribution in [0.15, 0.2) is 55.0 Å². The number of carbonyl (C=O) groups is 1. The van der Waals surface area contributed by atoms with Crippen molar-refractivity contribution in [3.63, 3.8) is 0 Å². The molecule has 0 aromatic carbocycles. The highest BCUT2D eigenvalue weighted by Gasteiger charge is 2.40. The number of carboxylic acids is 1. The maximum Gasteiger partial charge on any atom is 0.365 e. The fourth-order valence-electron chi connectivity index (χ4n) is 2.46. The third-order valence-corrected chi connectivity index (χ3v) is 3.95. The van der Waals surface area contributed by atoms with Crippen LogP contribution in [0.3, 0.4) is 0 Å². The molecule has 0 saturated heterocycles. The van der Waals surface area contributed by atoms with Gasteiger partial charge < -0.3 is 19.0 Å². The van der Waals surface area contributed by atoms with Gasteiger partial charge in [0.2, 0.25) is 0 Å². The maximum atomic E-state index is 15.3. The lowest BCUT2D eigenvalue weighted by molar-refractivity contribution is -0.160. The summed E-state index contributed by atoms with van der Waals surface area (Å²) in [6.45, 7) is 5.81. The molecule has 134 valence electrons. The number of nitrogens with zero attached hydrogens (tertiary/aromatic N) is 2. The van der Waals surface area contributed by atoms with Gasteiger partial charge in [-0.25, -0.2) is 9.18 Å². The van der Waals surface area contributed by atoms with Crippen LogP contribution in [-0.2, 0) is 17.1 Å². The second-order valence-corrected chi connectivity index (χ2v) is 5.75. The van der Waals surface area contributed by atoms with Gasteiger partial charge in [-0.15, -0.1) is 0 Å². The molecule has 0 aliphatic rings. The van der Waals surface area contributed by atoms with Crippen LogP contribution in [0.5, 0.6) is 5.75 Å². The zero-order valence-corrected chi connectivity index (χ0v) is 14.6. The number of aromatic nitrogens is 2. The van der Waals surface area contributed by atoms with E-state index >= 15 is 4.39 Å². The summed E-state index contributed by atoms with van der Waals surface area (Å²) in [5, 5.41) is 9.45. The summed E-state index contributed by atoms with van der Waals surface area (Å²) in [6, 6.07) is 10.4. The molecule has 5 nitrogen and oxygen atoms in total. The molecular formula is C19H23FN2O3. The summed E-state index contributed by atoms with van der Waals surface area (Å²) in [4.78, 5) is 11.6. The molecule has 0 saturated carbocycles. The summed E-state index contributed by atoms with van der Waals surface area (Å²) in [7, 11) is 0. The minimum atomic E-state index is -2.58. The van der Waals surface area contributed by atoms with Gasteiger partial charge in [-0.2, -0.15) is 0 Å². The molecule has 0 aliphatic carbocycles. The van der Waals surface area contributed by atoms with Gasteiger partial charge >= 0.3 is 11.8 Å². The van der Waals surface area contributed by atoms with E-state index in [1.807, 2.05) is 26.0 Å². The minimum absolute atomic E-state index is 0.361. The Balaban J connectivity index is 2.51. The third-order valence-electron chi connectivity index (χ3n) is 3.95. The zero-order valence-electron chi connectivity index (χ0n) is 14.6. The molecular weight excluding hydrogens is 323 g/mol. The molecule has 0 spiro atoms. The lowest BCUT2D eigenvalue weighted by Crippen LogP contribution is -2.41. The van der Waals surface area contributed by atoms with Crippen LogP contribution in [0.25, 0.3) is 0 Å². The summed E-state index contributed by atoms with van der Waals surface area (Å²) >= 11 is 0. The molecule has 25 heavy (non-hydrogen) atoms. The summed E-state index contributed by atoms with van der Waals surface area (Å²) < 4.78 is 23.5. The van der Waals surface area contributed by atoms with Gasteiger partial charge in [0.05, 0.1) is 13.2 Å². The SMILES string of the molecule is CCOc1cccn(CC(F)(C(=O)O)n2cccc2)c(C)ccc1C. The van der Waals surface area contributed by atoms with Crippen molar-refractivity contribution in [3.8, 4) is 5.75 Å². The number of alkyl halides is 1. The molecule has 0 amide bonds. The Hall–Kier alpha value is -2.76. The summed E-state index contributed by atoms with van der Waals surface area (Å²) in [5.74, 6) is -3.40. The molecule has 1 atom stereocenters. The van der Waals surface area contributed by atoms with Crippen molar-refractivity contribution in [1.29, 1.82) is 0 Å². The van der Waals surface area contributed by atoms with Crippen LogP contribution in [0, 0.1) is 13.8 Å². The molecule has 6 heteroatoms. The first-order chi connectivity index (χ1) is 11.9. The minimum Gasteiger partial charge on any atom is -0.494 e. The van der Waals surface area contributed by atoms with Crippen LogP contribution in [0.1, 0.15) is 18.2 Å². The van der Waals surface area contributed by atoms with Gasteiger partial charge in [0.1, 0.15) is 5.75 Å². The second kappa shape index (κ2) is 7.88. The van der Waals surface area contributed by atoms with Crippen LogP contribution in [0.2, 0.25) is 0 Å². The molecule has 2 rings (SSSR count). The molecule has 1 N–H and O–H groups in total. The number of aryl methyl sites for hydroxylation is 2. The van der Waals surface area contributed by atoms with Crippen molar-refractivity contribution in [2.45, 2.75) is 33.1 Å². The number of rotatable bonds is 6. The molecule has 2 heterocycles. The Bertz CT molecular complexity index is 782. The fourth-order valence-corrected chi connectivity index (χ4v) is 2.46. The lowest BCUT2D eigenvalue weighted by Gasteiger charge is -2.24. The fraction of sp³-hybridized carbons (Fsp3) is 0.316. The van der Waals surface area contributed by atoms with Crippen LogP contribution < -0.4 is 4.74 Å². The average molecular weight is 346 g/mol. The van der Waals surface area contributed by atoms with Crippen molar-refractivity contribution >= 4 is 5.97 Å². The number of carboxylic acid groups (broad SMARTS) is 1. The van der Waals surface area contributed by atoms with Crippen molar-refractivity contribution < 1.29 is 19.0 Å². The van der Waals surface area contributed by atoms with E-state index in [2.05, 4.69) is 0 Å². The molecule has 2 aromatic heterocycles. The summed E-state index contributed by atoms with van der Waals surface area (Å²) in [6.07, 6.45) is 4.46. The topological polar surface area (TPSA) is 56.4 Å². The highest BCUT2D eigenvalue weighted by Crippen LogP contribution is 2.23. The molecule has 0 aliphatic heterocycles. The Morgan fingerprint density at radius 1 is 1.16 bits per heavy atom. The monoisotopic (exact) mass is 346 g/mol. The lowest BCUT2D eigenvalue weighted by atomic mass is 10.2. The van der Waals surface area contributed by atoms with Gasteiger partial charge in [-0.3, -0.25) is 0 Å². The maximum absolute atomic E-state index is 15.3. The van der Waals surface area contributed by atoms with E-state index in [0.29, 0.717) is 6.61 Å². The number of ether oxygens (including phenoxy) is 1. The van der Waals surface area contributed by atoms with Crippen molar-refractivity contribution in [3.05, 3.63) is 66.2 Å². The van der Waals surface area contributed by atoms with E-state index in [9.17, 15) is 9.90 Å². The third kappa shape index (κ3) is 4.21. The van der Waals surface area contributed by atoms with Crippen LogP contribution in [-0.4, -0.2) is 26.8 Å². The summed E-state index contributed by atoms with van der Waals surface area (Å²) in [5.41, 5.74) is 1.65. The van der Waals surface area contributed by atoms with E-state index in [4.69, 9.17) is 4.74 Å². The Morgan fingerprint density at radius 3 is 2.44 bits per heavy atom. The number of halogens is 1. The van der Waals surface area contributed by atoms with Gasteiger partial charge in [0.25, 0.3) is 0 Å². The first-order valence-electron chi connectivity index (χ1n) is 8.07. The standard InChI is InChI=1S/C19H23FN2O3/c1-4-25-17-8-7-11-21(16(3)10-9-15(17)2)14-19(20,18(23)24)22-12-5-6-13-22/h5-13H,4,14H2,1-3H3,(H,23,24). The first-order valence-corrected chi connectivity index (χ1v) is 8.07. The number of hydrogen-bond acceptors (Lipinski definition) is 2. The normalized spacial score (nSPS) is 13.0. The van der Waals surface area contributed by atoms with Gasteiger partial charge in [-0.05, 0) is 56.7 Å². The van der Waals surface area contributed by atoms with Crippen LogP contribution >= 0.6 is 0 Å². The zero-order chi connectivity index (χ0) is 18.4. The van der Waals surface area contributed by atoms with Crippen LogP contribution in [0.4, 0.5) is 4.39 Å². The second-order valence-electron chi connectivity index (χ2n) is 5.75. The number of hydrogen-bond donors (Lipinski definition) is 1. The van der Waals surface area contributed by atoms with Gasteiger partial charge in [0, 0.05) is 24.3 Å². The van der Waals surface area contributed by atoms with Crippen molar-refractivity contribution in [2.24, 2.45) is 0 Å². The highest BCUT2D eigenvalue weighted by molar-refractivity contribution is 5.74. The average Bonchev–Trinajstić information content (AvgIpc) is 3.12. The van der Waals surface area contributed by atoms with Crippen molar-refractivity contribution in [1.82, 2.24) is 9.13 Å². The quantitative estimate of drug-likeness (QED) is 0.865. The van der Waals surface area contributed by atoms with Gasteiger partial charge in [-0.1, -0.05) is 6.07 Å². The van der Waals surface area contributed by atoms with Crippen molar-refractivity contribution in [2.75, 3.05) is 6.61 Å². The first kappa shape index (κ1) is 18.6. The molecule has 0 radical (unpaired) electrons. The van der Waals surface area contributed by atoms with Gasteiger partial charge in [0.15, 0.2) is 0 Å². The Labute approximate surface area is 146 Å². The van der Waals surface area contributed by atoms with E-state index in [0.717, 1.165) is 21.6 Å². The number of aliphatic carboxylic acids is 1. The highest BCUT2D eigenvalue weighted by atomic mass is 19.1. The van der Waals surface area contributed by atoms with E-state index < -0.39 is 11.8 Å². The smallest absolute Gasteiger partial charge is 0.365 e. The molecule has 2 aromatic rings. The largest absolute Gasteiger partial charge is 0.494 e. The van der Waals surface area contributed by atoms with E-state index in [1.54, 1.807) is 42.0 Å². The predicted molar refractivity (Wildman–Crippen MR) is 93.9 cm³/mol. The van der Waals surface area contributed by atoms with E-state index in [1.165, 1.54) is 12.4 Å². The molecule has 0 bridgehead atoms. The Morgan fingerprint density at radius 2 is 1.84 bits per heavy atom. The predicted octanol–water partition coefficient (Wildman–Crippen LogP) is 3.84. The Kier molecular flexibility index (Phi) is 5.85. The van der Waals surface area contributed by atoms with E-state index in [-0.39, 0.29) is 6.54 Å². The molecule has 1 unspecified atom stereocenters.